The largest absolute Gasteiger partial charge is 0.265 e. The van der Waals surface area contributed by atoms with E-state index in [0.29, 0.717) is 0 Å². The minimum absolute atomic E-state index is 0.982. The van der Waals surface area contributed by atoms with E-state index in [2.05, 4.69) is 11.6 Å². The molecular weight excluding hydrogens is 110 g/mol. The molecule has 1 aliphatic rings. The van der Waals surface area contributed by atoms with Gasteiger partial charge >= 0.3 is 0 Å². The van der Waals surface area contributed by atoms with Crippen LogP contribution in [0.2, 0.25) is 0 Å². The van der Waals surface area contributed by atoms with E-state index in [1.807, 2.05) is 18.4 Å². The summed E-state index contributed by atoms with van der Waals surface area (Å²) in [6, 6.07) is 0. The molecule has 0 atom stereocenters. The number of allylic oxidation sites excluding steroid dienone is 4. The van der Waals surface area contributed by atoms with E-state index >= 15 is 0 Å². The molecule has 1 heteroatoms. The zero-order valence-corrected chi connectivity index (χ0v) is 5.25. The van der Waals surface area contributed by atoms with Crippen LogP contribution in [-0.2, 0) is 0 Å². The summed E-state index contributed by atoms with van der Waals surface area (Å²) < 4.78 is 0. The summed E-state index contributed by atoms with van der Waals surface area (Å²) in [6.45, 7) is 3.59. The molecule has 0 radical (unpaired) electrons. The molecule has 1 rings (SSSR count). The van der Waals surface area contributed by atoms with Gasteiger partial charge in [0.25, 0.3) is 0 Å². The molecule has 0 aromatic carbocycles. The minimum atomic E-state index is 0.982. The molecule has 1 nitrogen and oxygen atoms in total. The lowest BCUT2D eigenvalue weighted by atomic mass is 10.1. The zero-order chi connectivity index (χ0) is 6.53. The Balaban J connectivity index is 2.65. The highest BCUT2D eigenvalue weighted by atomic mass is 14.7. The fourth-order valence-corrected chi connectivity index (χ4v) is 0.704. The third-order valence-corrected chi connectivity index (χ3v) is 1.12. The molecule has 0 spiro atoms. The second-order valence-corrected chi connectivity index (χ2v) is 1.84. The van der Waals surface area contributed by atoms with Crippen molar-refractivity contribution in [1.29, 1.82) is 0 Å². The Morgan fingerprint density at radius 3 is 3.11 bits per heavy atom. The molecule has 0 amide bonds. The molecule has 0 N–H and O–H groups in total. The van der Waals surface area contributed by atoms with Crippen LogP contribution in [0.1, 0.15) is 6.42 Å². The van der Waals surface area contributed by atoms with Crippen molar-refractivity contribution in [1.82, 2.24) is 0 Å². The first-order valence-corrected chi connectivity index (χ1v) is 2.93. The summed E-state index contributed by atoms with van der Waals surface area (Å²) in [7, 11) is 0. The van der Waals surface area contributed by atoms with Crippen molar-refractivity contribution in [2.24, 2.45) is 4.99 Å². The number of nitrogens with zero attached hydrogens (tertiary/aromatic N) is 1. The summed E-state index contributed by atoms with van der Waals surface area (Å²) >= 11 is 0. The summed E-state index contributed by atoms with van der Waals surface area (Å²) in [6.07, 6.45) is 10.4. The maximum atomic E-state index is 3.96. The Morgan fingerprint density at radius 1 is 1.67 bits per heavy atom. The van der Waals surface area contributed by atoms with Gasteiger partial charge in [0.15, 0.2) is 0 Å². The zero-order valence-electron chi connectivity index (χ0n) is 5.25. The van der Waals surface area contributed by atoms with Crippen LogP contribution in [0.15, 0.2) is 41.6 Å². The predicted molar refractivity (Wildman–Crippen MR) is 40.5 cm³/mol. The van der Waals surface area contributed by atoms with E-state index in [1.54, 1.807) is 12.3 Å². The fourth-order valence-electron chi connectivity index (χ4n) is 0.704. The third-order valence-electron chi connectivity index (χ3n) is 1.12. The van der Waals surface area contributed by atoms with Crippen molar-refractivity contribution in [3.8, 4) is 0 Å². The minimum Gasteiger partial charge on any atom is -0.265 e. The van der Waals surface area contributed by atoms with Crippen LogP contribution in [0.3, 0.4) is 0 Å². The molecule has 1 aliphatic heterocycles. The second-order valence-electron chi connectivity index (χ2n) is 1.84. The first-order chi connectivity index (χ1) is 4.43. The summed E-state index contributed by atoms with van der Waals surface area (Å²) in [4.78, 5) is 3.96. The Labute approximate surface area is 55.1 Å². The topological polar surface area (TPSA) is 12.4 Å². The molecule has 0 aromatic heterocycles. The van der Waals surface area contributed by atoms with Crippen LogP contribution in [0, 0.1) is 0 Å². The number of aliphatic imine (C=N–C) groups is 1. The van der Waals surface area contributed by atoms with E-state index in [9.17, 15) is 0 Å². The SMILES string of the molecule is C=CC=C1C=NC=CC1. The molecule has 0 saturated carbocycles. The standard InChI is InChI=1S/C8H9N/c1-2-4-8-5-3-6-9-7-8/h2-4,6-7H,1,5H2. The highest BCUT2D eigenvalue weighted by molar-refractivity contribution is 5.80. The molecule has 9 heavy (non-hydrogen) atoms. The van der Waals surface area contributed by atoms with Gasteiger partial charge in [0.05, 0.1) is 0 Å². The highest BCUT2D eigenvalue weighted by Crippen LogP contribution is 2.03. The number of hydrogen-bond acceptors (Lipinski definition) is 1. The molecule has 0 saturated heterocycles. The average Bonchev–Trinajstić information content (AvgIpc) is 1.91. The van der Waals surface area contributed by atoms with Gasteiger partial charge in [0.2, 0.25) is 0 Å². The smallest absolute Gasteiger partial charge is 0.0302 e. The van der Waals surface area contributed by atoms with E-state index in [0.717, 1.165) is 6.42 Å². The molecular formula is C8H9N. The summed E-state index contributed by atoms with van der Waals surface area (Å²) in [5.74, 6) is 0. The maximum Gasteiger partial charge on any atom is 0.0302 e. The lowest BCUT2D eigenvalue weighted by Crippen LogP contribution is -1.85. The van der Waals surface area contributed by atoms with Gasteiger partial charge in [-0.1, -0.05) is 24.8 Å². The third kappa shape index (κ3) is 1.68. The lowest BCUT2D eigenvalue weighted by Gasteiger charge is -1.96. The Kier molecular flexibility index (Phi) is 2.02. The molecule has 0 aliphatic carbocycles. The molecule has 46 valence electrons. The van der Waals surface area contributed by atoms with Crippen molar-refractivity contribution in [3.63, 3.8) is 0 Å². The van der Waals surface area contributed by atoms with Crippen molar-refractivity contribution in [2.75, 3.05) is 0 Å². The number of rotatable bonds is 1. The molecule has 0 bridgehead atoms. The van der Waals surface area contributed by atoms with Gasteiger partial charge in [-0.05, 0) is 12.0 Å². The summed E-state index contributed by atoms with van der Waals surface area (Å²) in [5.41, 5.74) is 1.22. The maximum absolute atomic E-state index is 3.96. The Hall–Kier alpha value is -1.11. The van der Waals surface area contributed by atoms with E-state index in [4.69, 9.17) is 0 Å². The van der Waals surface area contributed by atoms with E-state index in [-0.39, 0.29) is 0 Å². The monoisotopic (exact) mass is 119 g/mol. The first-order valence-electron chi connectivity index (χ1n) is 2.93. The van der Waals surface area contributed by atoms with Gasteiger partial charge in [-0.2, -0.15) is 0 Å². The van der Waals surface area contributed by atoms with Crippen LogP contribution in [0.25, 0.3) is 0 Å². The Bertz CT molecular complexity index is 185. The van der Waals surface area contributed by atoms with Crippen molar-refractivity contribution in [3.05, 3.63) is 36.6 Å². The number of hydrogen-bond donors (Lipinski definition) is 0. The normalized spacial score (nSPS) is 20.7. The van der Waals surface area contributed by atoms with Crippen molar-refractivity contribution < 1.29 is 0 Å². The molecule has 1 heterocycles. The van der Waals surface area contributed by atoms with Gasteiger partial charge in [0, 0.05) is 12.4 Å². The van der Waals surface area contributed by atoms with Gasteiger partial charge < -0.3 is 0 Å². The van der Waals surface area contributed by atoms with Crippen LogP contribution in [0.4, 0.5) is 0 Å². The molecule has 0 fully saturated rings. The van der Waals surface area contributed by atoms with Gasteiger partial charge in [0.1, 0.15) is 0 Å². The van der Waals surface area contributed by atoms with Crippen LogP contribution in [0.5, 0.6) is 0 Å². The molecule has 0 unspecified atom stereocenters. The Morgan fingerprint density at radius 2 is 2.56 bits per heavy atom. The van der Waals surface area contributed by atoms with Crippen LogP contribution < -0.4 is 0 Å². The average molecular weight is 119 g/mol. The van der Waals surface area contributed by atoms with E-state index < -0.39 is 0 Å². The fraction of sp³-hybridized carbons (Fsp3) is 0.125. The quantitative estimate of drug-likeness (QED) is 0.501. The highest BCUT2D eigenvalue weighted by Gasteiger charge is 1.90. The van der Waals surface area contributed by atoms with Gasteiger partial charge in [-0.25, -0.2) is 0 Å². The summed E-state index contributed by atoms with van der Waals surface area (Å²) in [5, 5.41) is 0. The molecule has 0 aromatic rings. The first kappa shape index (κ1) is 6.02. The van der Waals surface area contributed by atoms with E-state index in [1.165, 1.54) is 5.57 Å². The van der Waals surface area contributed by atoms with Crippen LogP contribution in [-0.4, -0.2) is 6.21 Å². The van der Waals surface area contributed by atoms with Crippen molar-refractivity contribution in [2.45, 2.75) is 6.42 Å². The van der Waals surface area contributed by atoms with Crippen LogP contribution >= 0.6 is 0 Å². The van der Waals surface area contributed by atoms with Crippen molar-refractivity contribution >= 4 is 6.21 Å². The van der Waals surface area contributed by atoms with Gasteiger partial charge in [-0.15, -0.1) is 0 Å². The second kappa shape index (κ2) is 3.02. The predicted octanol–water partition coefficient (Wildman–Crippen LogP) is 2.09. The lowest BCUT2D eigenvalue weighted by molar-refractivity contribution is 1.27. The van der Waals surface area contributed by atoms with Gasteiger partial charge in [-0.3, -0.25) is 4.99 Å².